The van der Waals surface area contributed by atoms with E-state index in [4.69, 9.17) is 5.11 Å². The van der Waals surface area contributed by atoms with Gasteiger partial charge in [-0.1, -0.05) is 0 Å². The van der Waals surface area contributed by atoms with Crippen molar-refractivity contribution in [2.45, 2.75) is 47.6 Å². The van der Waals surface area contributed by atoms with Crippen LogP contribution in [0.15, 0.2) is 0 Å². The van der Waals surface area contributed by atoms with Crippen LogP contribution in [0, 0.1) is 0 Å². The van der Waals surface area contributed by atoms with Gasteiger partial charge in [0, 0.05) is 19.5 Å². The summed E-state index contributed by atoms with van der Waals surface area (Å²) >= 11 is 0. The summed E-state index contributed by atoms with van der Waals surface area (Å²) in [6.45, 7) is 0. The van der Waals surface area contributed by atoms with Crippen LogP contribution in [0.5, 0.6) is 0 Å². The van der Waals surface area contributed by atoms with Crippen molar-refractivity contribution in [1.82, 2.24) is 0 Å². The standard InChI is InChI=1S/C9HF17O2.Zn/c10-2(11,1(27)28)3(12,13)4(14,15)5(16,17)6(18,19)7(20,21)8(22,23)9(24,25)26;/h(H,27,28);. The Labute approximate surface area is 158 Å². The third kappa shape index (κ3) is 3.62. The Hall–Kier alpha value is -1.10. The first-order valence-electron chi connectivity index (χ1n) is 5.64. The molecule has 1 N–H and O–H groups in total. The second kappa shape index (κ2) is 7.25. The summed E-state index contributed by atoms with van der Waals surface area (Å²) in [5, 5.41) is 7.59. The largest absolute Gasteiger partial charge is 0.477 e. The van der Waals surface area contributed by atoms with Gasteiger partial charge in [-0.05, 0) is 0 Å². The van der Waals surface area contributed by atoms with Gasteiger partial charge in [-0.3, -0.25) is 0 Å². The van der Waals surface area contributed by atoms with Crippen LogP contribution in [-0.2, 0) is 24.3 Å². The first-order chi connectivity index (χ1) is 11.7. The van der Waals surface area contributed by atoms with E-state index in [2.05, 4.69) is 0 Å². The monoisotopic (exact) mass is 528 g/mol. The summed E-state index contributed by atoms with van der Waals surface area (Å²) in [7, 11) is 0. The Kier molecular flexibility index (Phi) is 7.52. The average Bonchev–Trinajstić information content (AvgIpc) is 2.44. The summed E-state index contributed by atoms with van der Waals surface area (Å²) in [5.74, 6) is -62.9. The third-order valence-corrected chi connectivity index (χ3v) is 2.99. The number of aliphatic carboxylic acids is 1. The molecule has 0 heterocycles. The Morgan fingerprint density at radius 2 is 0.655 bits per heavy atom. The molecule has 20 heteroatoms. The number of alkyl halides is 17. The zero-order valence-corrected chi connectivity index (χ0v) is 15.5. The van der Waals surface area contributed by atoms with Crippen LogP contribution in [0.2, 0.25) is 0 Å². The normalized spacial score (nSPS) is 15.8. The Balaban J connectivity index is 0. The van der Waals surface area contributed by atoms with Crippen molar-refractivity contribution in [2.75, 3.05) is 0 Å². The van der Waals surface area contributed by atoms with Crippen LogP contribution in [0.25, 0.3) is 0 Å². The van der Waals surface area contributed by atoms with E-state index >= 15 is 0 Å². The molecule has 0 saturated heterocycles. The maximum Gasteiger partial charge on any atom is 0.460 e. The molecule has 0 rings (SSSR count). The number of rotatable bonds is 7. The predicted molar refractivity (Wildman–Crippen MR) is 48.3 cm³/mol. The van der Waals surface area contributed by atoms with Gasteiger partial charge in [-0.25, -0.2) is 4.79 Å². The summed E-state index contributed by atoms with van der Waals surface area (Å²) < 4.78 is 214. The molecule has 0 spiro atoms. The maximum atomic E-state index is 13.0. The van der Waals surface area contributed by atoms with E-state index in [1.165, 1.54) is 0 Å². The van der Waals surface area contributed by atoms with Crippen molar-refractivity contribution in [3.05, 3.63) is 0 Å². The van der Waals surface area contributed by atoms with Crippen molar-refractivity contribution < 1.29 is 104 Å². The van der Waals surface area contributed by atoms with Gasteiger partial charge in [0.2, 0.25) is 0 Å². The van der Waals surface area contributed by atoms with E-state index in [-0.39, 0.29) is 19.5 Å². The van der Waals surface area contributed by atoms with Crippen LogP contribution < -0.4 is 0 Å². The minimum Gasteiger partial charge on any atom is -0.477 e. The maximum absolute atomic E-state index is 13.0. The number of carboxylic acid groups (broad SMARTS) is 1. The minimum atomic E-state index is -8.76. The second-order valence-electron chi connectivity index (χ2n) is 4.82. The van der Waals surface area contributed by atoms with E-state index in [1.807, 2.05) is 0 Å². The molecule has 0 aliphatic carbocycles. The Bertz CT molecular complexity index is 621. The van der Waals surface area contributed by atoms with Crippen LogP contribution >= 0.6 is 0 Å². The van der Waals surface area contributed by atoms with Crippen molar-refractivity contribution in [3.8, 4) is 0 Å². The van der Waals surface area contributed by atoms with Gasteiger partial charge >= 0.3 is 53.6 Å². The molecule has 0 fully saturated rings. The third-order valence-electron chi connectivity index (χ3n) is 2.99. The smallest absolute Gasteiger partial charge is 0.460 e. The van der Waals surface area contributed by atoms with Crippen molar-refractivity contribution in [2.24, 2.45) is 0 Å². The Morgan fingerprint density at radius 3 is 0.862 bits per heavy atom. The molecule has 0 aromatic rings. The number of hydrogen-bond donors (Lipinski definition) is 1. The van der Waals surface area contributed by atoms with Crippen LogP contribution in [0.3, 0.4) is 0 Å². The SMILES string of the molecule is O=C(O)C(F)(F)C(F)(F)C(F)(F)C(F)(F)C(F)(F)C(F)(F)C(F)(F)C(F)(F)F.[Zn]. The van der Waals surface area contributed by atoms with Crippen LogP contribution in [0.1, 0.15) is 0 Å². The summed E-state index contributed by atoms with van der Waals surface area (Å²) in [6, 6.07) is 0. The van der Waals surface area contributed by atoms with Gasteiger partial charge in [0.15, 0.2) is 0 Å². The molecular weight excluding hydrogens is 528 g/mol. The van der Waals surface area contributed by atoms with Crippen LogP contribution in [0.4, 0.5) is 74.6 Å². The van der Waals surface area contributed by atoms with Gasteiger partial charge in [-0.2, -0.15) is 74.6 Å². The molecule has 0 radical (unpaired) electrons. The fourth-order valence-electron chi connectivity index (χ4n) is 1.30. The number of hydrogen-bond acceptors (Lipinski definition) is 1. The van der Waals surface area contributed by atoms with E-state index < -0.39 is 53.6 Å². The van der Waals surface area contributed by atoms with Crippen molar-refractivity contribution in [1.29, 1.82) is 0 Å². The number of halogens is 17. The van der Waals surface area contributed by atoms with E-state index in [0.29, 0.717) is 0 Å². The molecule has 0 aliphatic rings. The van der Waals surface area contributed by atoms with Gasteiger partial charge in [0.1, 0.15) is 0 Å². The molecule has 0 aromatic carbocycles. The first kappa shape index (κ1) is 30.1. The molecular formula is C9HF17O2Zn. The Morgan fingerprint density at radius 1 is 0.448 bits per heavy atom. The van der Waals surface area contributed by atoms with Gasteiger partial charge in [0.05, 0.1) is 0 Å². The second-order valence-corrected chi connectivity index (χ2v) is 4.82. The molecule has 0 aliphatic heterocycles. The predicted octanol–water partition coefficient (Wildman–Crippen LogP) is 5.08. The van der Waals surface area contributed by atoms with E-state index in [9.17, 15) is 79.4 Å². The fraction of sp³-hybridized carbons (Fsp3) is 0.889. The van der Waals surface area contributed by atoms with E-state index in [0.717, 1.165) is 0 Å². The molecule has 0 amide bonds. The van der Waals surface area contributed by atoms with Gasteiger partial charge in [0.25, 0.3) is 0 Å². The molecule has 0 atom stereocenters. The van der Waals surface area contributed by atoms with E-state index in [1.54, 1.807) is 0 Å². The quantitative estimate of drug-likeness (QED) is 0.369. The topological polar surface area (TPSA) is 37.3 Å². The number of carbonyl (C=O) groups is 1. The number of carboxylic acids is 1. The van der Waals surface area contributed by atoms with Crippen LogP contribution in [-0.4, -0.2) is 58.7 Å². The van der Waals surface area contributed by atoms with Crippen molar-refractivity contribution >= 4 is 5.97 Å². The average molecular weight is 529 g/mol. The summed E-state index contributed by atoms with van der Waals surface area (Å²) in [4.78, 5) is 9.77. The summed E-state index contributed by atoms with van der Waals surface area (Å²) in [6.07, 6.45) is -7.83. The molecule has 0 bridgehead atoms. The first-order valence-corrected chi connectivity index (χ1v) is 5.64. The molecule has 2 nitrogen and oxygen atoms in total. The summed E-state index contributed by atoms with van der Waals surface area (Å²) in [5.41, 5.74) is 0. The minimum absolute atomic E-state index is 0. The van der Waals surface area contributed by atoms with Crippen molar-refractivity contribution in [3.63, 3.8) is 0 Å². The molecule has 0 aromatic heterocycles. The molecule has 29 heavy (non-hydrogen) atoms. The fourth-order valence-corrected chi connectivity index (χ4v) is 1.30. The molecule has 0 unspecified atom stereocenters. The van der Waals surface area contributed by atoms with Gasteiger partial charge < -0.3 is 5.11 Å². The molecule has 0 saturated carbocycles. The van der Waals surface area contributed by atoms with Gasteiger partial charge in [-0.15, -0.1) is 0 Å². The zero-order chi connectivity index (χ0) is 23.6. The molecule has 170 valence electrons. The zero-order valence-electron chi connectivity index (χ0n) is 12.5.